The van der Waals surface area contributed by atoms with Crippen LogP contribution in [0.5, 0.6) is 5.88 Å². The lowest BCUT2D eigenvalue weighted by molar-refractivity contribution is 0.0258. The zero-order valence-corrected chi connectivity index (χ0v) is 17.9. The Hall–Kier alpha value is -3.26. The maximum absolute atomic E-state index is 13.4. The normalized spacial score (nSPS) is 22.0. The van der Waals surface area contributed by atoms with Crippen LogP contribution >= 0.6 is 0 Å². The summed E-state index contributed by atoms with van der Waals surface area (Å²) >= 11 is 0. The van der Waals surface area contributed by atoms with Gasteiger partial charge in [-0.25, -0.2) is 0 Å². The molecule has 2 fully saturated rings. The molecule has 2 bridgehead atoms. The van der Waals surface area contributed by atoms with Gasteiger partial charge in [-0.05, 0) is 24.5 Å². The zero-order chi connectivity index (χ0) is 21.8. The minimum atomic E-state index is -0.326. The number of rotatable bonds is 4. The van der Waals surface area contributed by atoms with E-state index in [2.05, 4.69) is 22.3 Å². The summed E-state index contributed by atoms with van der Waals surface area (Å²) in [5, 5.41) is 8.87. The number of hydrogen-bond donors (Lipinski definition) is 0. The van der Waals surface area contributed by atoms with Crippen LogP contribution in [0.1, 0.15) is 34.8 Å². The van der Waals surface area contributed by atoms with Crippen molar-refractivity contribution >= 4 is 16.9 Å². The number of hydrogen-bond acceptors (Lipinski definition) is 6. The molecule has 0 spiro atoms. The maximum atomic E-state index is 13.4. The topological polar surface area (TPSA) is 86.5 Å². The quantitative estimate of drug-likeness (QED) is 0.627. The van der Waals surface area contributed by atoms with Crippen LogP contribution in [0.4, 0.5) is 0 Å². The van der Waals surface area contributed by atoms with Crippen molar-refractivity contribution in [1.29, 1.82) is 0 Å². The SMILES string of the molecule is CCn1cc(C(=O)N2C[C@@H]3C[C@H]2CO3)c(=O)c2cc(OC3Cc4ccccc4C3)nnc21. The molecular weight excluding hydrogens is 408 g/mol. The third-order valence-corrected chi connectivity index (χ3v) is 6.83. The Morgan fingerprint density at radius 1 is 1.22 bits per heavy atom. The largest absolute Gasteiger partial charge is 0.473 e. The third kappa shape index (κ3) is 3.09. The first-order chi connectivity index (χ1) is 15.6. The zero-order valence-electron chi connectivity index (χ0n) is 17.9. The highest BCUT2D eigenvalue weighted by molar-refractivity contribution is 5.97. The summed E-state index contributed by atoms with van der Waals surface area (Å²) in [5.74, 6) is 0.0775. The first kappa shape index (κ1) is 19.4. The minimum Gasteiger partial charge on any atom is -0.473 e. The van der Waals surface area contributed by atoms with Crippen molar-refractivity contribution in [2.75, 3.05) is 13.2 Å². The van der Waals surface area contributed by atoms with Gasteiger partial charge in [-0.2, -0.15) is 0 Å². The van der Waals surface area contributed by atoms with Crippen molar-refractivity contribution in [3.8, 4) is 5.88 Å². The molecule has 2 aromatic heterocycles. The van der Waals surface area contributed by atoms with E-state index in [9.17, 15) is 9.59 Å². The van der Waals surface area contributed by atoms with Gasteiger partial charge in [0.05, 0.1) is 24.1 Å². The van der Waals surface area contributed by atoms with E-state index >= 15 is 0 Å². The van der Waals surface area contributed by atoms with Crippen molar-refractivity contribution in [1.82, 2.24) is 19.7 Å². The summed E-state index contributed by atoms with van der Waals surface area (Å²) in [7, 11) is 0. The lowest BCUT2D eigenvalue weighted by Crippen LogP contribution is -2.43. The fourth-order valence-corrected chi connectivity index (χ4v) is 5.19. The summed E-state index contributed by atoms with van der Waals surface area (Å²) in [5.41, 5.74) is 2.85. The second kappa shape index (κ2) is 7.41. The summed E-state index contributed by atoms with van der Waals surface area (Å²) in [6, 6.07) is 9.96. The number of likely N-dealkylation sites (tertiary alicyclic amines) is 1. The molecule has 0 saturated carbocycles. The van der Waals surface area contributed by atoms with Gasteiger partial charge in [0.15, 0.2) is 5.65 Å². The minimum absolute atomic E-state index is 0.0440. The van der Waals surface area contributed by atoms with Crippen LogP contribution in [0, 0.1) is 0 Å². The number of nitrogens with zero attached hydrogens (tertiary/aromatic N) is 4. The molecule has 0 radical (unpaired) electrons. The monoisotopic (exact) mass is 432 g/mol. The molecule has 3 aromatic rings. The summed E-state index contributed by atoms with van der Waals surface area (Å²) in [4.78, 5) is 28.4. The lowest BCUT2D eigenvalue weighted by Gasteiger charge is -2.27. The molecule has 164 valence electrons. The van der Waals surface area contributed by atoms with Gasteiger partial charge in [0, 0.05) is 38.2 Å². The smallest absolute Gasteiger partial charge is 0.259 e. The fraction of sp³-hybridized carbons (Fsp3) is 0.417. The molecule has 0 N–H and O–H groups in total. The van der Waals surface area contributed by atoms with Gasteiger partial charge in [-0.15, -0.1) is 10.2 Å². The molecule has 1 aliphatic carbocycles. The maximum Gasteiger partial charge on any atom is 0.259 e. The summed E-state index contributed by atoms with van der Waals surface area (Å²) < 4.78 is 13.5. The molecule has 2 saturated heterocycles. The molecule has 1 aromatic carbocycles. The van der Waals surface area contributed by atoms with E-state index in [1.54, 1.807) is 21.7 Å². The average Bonchev–Trinajstić information content (AvgIpc) is 3.54. The van der Waals surface area contributed by atoms with Crippen LogP contribution in [-0.2, 0) is 24.1 Å². The molecule has 6 rings (SSSR count). The Bertz CT molecular complexity index is 1260. The molecule has 4 heterocycles. The van der Waals surface area contributed by atoms with E-state index in [0.29, 0.717) is 36.6 Å². The van der Waals surface area contributed by atoms with Crippen molar-refractivity contribution < 1.29 is 14.3 Å². The van der Waals surface area contributed by atoms with Crippen molar-refractivity contribution in [2.45, 2.75) is 51.0 Å². The van der Waals surface area contributed by atoms with E-state index in [1.165, 1.54) is 11.1 Å². The lowest BCUT2D eigenvalue weighted by atomic mass is 10.1. The Morgan fingerprint density at radius 3 is 2.66 bits per heavy atom. The van der Waals surface area contributed by atoms with Crippen LogP contribution in [0.2, 0.25) is 0 Å². The first-order valence-corrected chi connectivity index (χ1v) is 11.2. The molecule has 3 aliphatic rings. The highest BCUT2D eigenvalue weighted by Crippen LogP contribution is 2.29. The number of amides is 1. The van der Waals surface area contributed by atoms with Gasteiger partial charge in [0.1, 0.15) is 11.7 Å². The molecule has 8 heteroatoms. The van der Waals surface area contributed by atoms with Gasteiger partial charge in [0.25, 0.3) is 5.91 Å². The van der Waals surface area contributed by atoms with Gasteiger partial charge in [0.2, 0.25) is 11.3 Å². The van der Waals surface area contributed by atoms with E-state index < -0.39 is 0 Å². The molecular formula is C24H24N4O4. The Kier molecular flexibility index (Phi) is 4.50. The number of benzene rings is 1. The molecule has 1 amide bonds. The van der Waals surface area contributed by atoms with Crippen LogP contribution in [0.15, 0.2) is 41.3 Å². The van der Waals surface area contributed by atoms with E-state index in [4.69, 9.17) is 9.47 Å². The molecule has 2 aliphatic heterocycles. The van der Waals surface area contributed by atoms with Gasteiger partial charge < -0.3 is 18.9 Å². The standard InChI is InChI=1S/C24H24N4O4/c1-2-27-12-20(24(30)28-11-18-9-16(28)13-31-18)22(29)19-10-21(25-26-23(19)27)32-17-7-14-5-3-4-6-15(14)8-17/h3-6,10,12,16-18H,2,7-9,11,13H2,1H3/t16-,18-/m0/s1. The Balaban J connectivity index is 1.34. The molecule has 8 nitrogen and oxygen atoms in total. The predicted octanol–water partition coefficient (Wildman–Crippen LogP) is 1.97. The summed E-state index contributed by atoms with van der Waals surface area (Å²) in [6.45, 7) is 3.60. The van der Waals surface area contributed by atoms with Crippen LogP contribution < -0.4 is 10.2 Å². The van der Waals surface area contributed by atoms with Gasteiger partial charge in [-0.1, -0.05) is 24.3 Å². The second-order valence-electron chi connectivity index (χ2n) is 8.80. The van der Waals surface area contributed by atoms with Crippen molar-refractivity contribution in [2.24, 2.45) is 0 Å². The molecule has 2 atom stereocenters. The van der Waals surface area contributed by atoms with E-state index in [0.717, 1.165) is 19.3 Å². The van der Waals surface area contributed by atoms with Crippen LogP contribution in [-0.4, -0.2) is 57.0 Å². The number of aryl methyl sites for hydroxylation is 1. The van der Waals surface area contributed by atoms with E-state index in [-0.39, 0.29) is 35.1 Å². The molecule has 32 heavy (non-hydrogen) atoms. The fourth-order valence-electron chi connectivity index (χ4n) is 5.19. The number of aromatic nitrogens is 3. The highest BCUT2D eigenvalue weighted by Gasteiger charge is 2.42. The summed E-state index contributed by atoms with van der Waals surface area (Å²) in [6.07, 6.45) is 4.09. The average molecular weight is 432 g/mol. The van der Waals surface area contributed by atoms with Crippen molar-refractivity contribution in [3.05, 3.63) is 63.4 Å². The second-order valence-corrected chi connectivity index (χ2v) is 8.80. The predicted molar refractivity (Wildman–Crippen MR) is 117 cm³/mol. The van der Waals surface area contributed by atoms with E-state index in [1.807, 2.05) is 19.1 Å². The van der Waals surface area contributed by atoms with Gasteiger partial charge in [-0.3, -0.25) is 9.59 Å². The van der Waals surface area contributed by atoms with Gasteiger partial charge >= 0.3 is 0 Å². The van der Waals surface area contributed by atoms with Crippen LogP contribution in [0.3, 0.4) is 0 Å². The Morgan fingerprint density at radius 2 is 2.00 bits per heavy atom. The number of morpholine rings is 1. The Labute approximate surface area is 184 Å². The number of carbonyl (C=O) groups excluding carboxylic acids is 1. The number of carbonyl (C=O) groups is 1. The highest BCUT2D eigenvalue weighted by atomic mass is 16.5. The number of pyridine rings is 1. The molecule has 0 unspecified atom stereocenters. The van der Waals surface area contributed by atoms with Crippen molar-refractivity contribution in [3.63, 3.8) is 0 Å². The van der Waals surface area contributed by atoms with Crippen LogP contribution in [0.25, 0.3) is 11.0 Å². The third-order valence-electron chi connectivity index (χ3n) is 6.83. The number of fused-ring (bicyclic) bond motifs is 4. The number of ether oxygens (including phenoxy) is 2. The first-order valence-electron chi connectivity index (χ1n) is 11.2.